The molecule has 0 spiro atoms. The van der Waals surface area contributed by atoms with Gasteiger partial charge in [0, 0.05) is 0 Å². The first-order valence-electron chi connectivity index (χ1n) is 9.23. The van der Waals surface area contributed by atoms with Crippen LogP contribution >= 0.6 is 17.2 Å². The molecule has 2 N–H and O–H groups in total. The van der Waals surface area contributed by atoms with Crippen LogP contribution in [0.2, 0.25) is 0 Å². The van der Waals surface area contributed by atoms with Crippen LogP contribution in [0, 0.1) is 0 Å². The summed E-state index contributed by atoms with van der Waals surface area (Å²) in [4.78, 5) is 29.1. The summed E-state index contributed by atoms with van der Waals surface area (Å²) in [7, 11) is 0. The predicted octanol–water partition coefficient (Wildman–Crippen LogP) is 3.25. The summed E-state index contributed by atoms with van der Waals surface area (Å²) in [6, 6.07) is 29.7. The van der Waals surface area contributed by atoms with E-state index >= 15 is 0 Å². The Hall–Kier alpha value is -2.94. The van der Waals surface area contributed by atoms with Crippen LogP contribution in [0.25, 0.3) is 0 Å². The van der Waals surface area contributed by atoms with Crippen LogP contribution in [0.3, 0.4) is 0 Å². The van der Waals surface area contributed by atoms with Crippen molar-refractivity contribution in [2.75, 3.05) is 0 Å². The van der Waals surface area contributed by atoms with Crippen LogP contribution in [0.1, 0.15) is 5.56 Å². The molecule has 4 aromatic rings. The second-order valence-electron chi connectivity index (χ2n) is 6.94. The molecule has 0 aliphatic rings. The van der Waals surface area contributed by atoms with Gasteiger partial charge in [-0.1, -0.05) is 0 Å². The Morgan fingerprint density at radius 3 is 1.48 bits per heavy atom. The first kappa shape index (κ1) is 19.4. The van der Waals surface area contributed by atoms with Crippen molar-refractivity contribution in [1.29, 1.82) is 0 Å². The molecule has 29 heavy (non-hydrogen) atoms. The van der Waals surface area contributed by atoms with E-state index in [1.807, 2.05) is 91.0 Å². The standard InChI is InChI=1S/C23H20ClN2O2P/c24-29(19-10-4-1-5-11-19,20-12-6-2-7-13-20,21-14-8-3-9-15-21)17-18-16-25-23(28)26-22(18)27/h1-16H,17H2,(H2,25,26,27,28). The SMILES string of the molecule is O=c1[nH]cc(CP(Cl)(c2ccccc2)(c2ccccc2)c2ccccc2)c(=O)[nH]1. The molecule has 0 unspecified atom stereocenters. The Balaban J connectivity index is 2.12. The average Bonchev–Trinajstić information content (AvgIpc) is 2.78. The first-order chi connectivity index (χ1) is 14.0. The molecule has 0 aliphatic heterocycles. The Morgan fingerprint density at radius 1 is 0.690 bits per heavy atom. The van der Waals surface area contributed by atoms with Gasteiger partial charge in [-0.15, -0.1) is 0 Å². The molecule has 0 radical (unpaired) electrons. The Morgan fingerprint density at radius 2 is 1.10 bits per heavy atom. The van der Waals surface area contributed by atoms with Crippen LogP contribution in [0.5, 0.6) is 0 Å². The maximum atomic E-state index is 12.6. The van der Waals surface area contributed by atoms with E-state index < -0.39 is 17.2 Å². The number of aromatic amines is 2. The van der Waals surface area contributed by atoms with E-state index in [1.54, 1.807) is 0 Å². The van der Waals surface area contributed by atoms with Crippen molar-refractivity contribution in [2.24, 2.45) is 0 Å². The average molecular weight is 423 g/mol. The maximum absolute atomic E-state index is 12.6. The molecule has 0 saturated carbocycles. The molecule has 0 saturated heterocycles. The van der Waals surface area contributed by atoms with Crippen molar-refractivity contribution in [1.82, 2.24) is 9.97 Å². The molecule has 1 heterocycles. The van der Waals surface area contributed by atoms with Crippen LogP contribution in [-0.4, -0.2) is 9.97 Å². The minimum atomic E-state index is -3.60. The summed E-state index contributed by atoms with van der Waals surface area (Å²) in [5, 5.41) is 2.88. The molecule has 0 aliphatic carbocycles. The van der Waals surface area contributed by atoms with Gasteiger partial charge in [0.05, 0.1) is 0 Å². The van der Waals surface area contributed by atoms with Crippen LogP contribution in [0.4, 0.5) is 0 Å². The molecule has 146 valence electrons. The number of benzene rings is 3. The number of aromatic nitrogens is 2. The third-order valence-electron chi connectivity index (χ3n) is 5.25. The summed E-state index contributed by atoms with van der Waals surface area (Å²) in [5.41, 5.74) is -0.521. The Labute approximate surface area is 172 Å². The first-order valence-corrected chi connectivity index (χ1v) is 12.6. The molecular formula is C23H20ClN2O2P. The van der Waals surface area contributed by atoms with Gasteiger partial charge in [0.15, 0.2) is 0 Å². The van der Waals surface area contributed by atoms with Gasteiger partial charge in [0.1, 0.15) is 0 Å². The monoisotopic (exact) mass is 422 g/mol. The van der Waals surface area contributed by atoms with Gasteiger partial charge in [0.25, 0.3) is 0 Å². The topological polar surface area (TPSA) is 65.7 Å². The number of hydrogen-bond donors (Lipinski definition) is 2. The summed E-state index contributed by atoms with van der Waals surface area (Å²) in [6.45, 7) is 0. The molecule has 0 atom stereocenters. The van der Waals surface area contributed by atoms with E-state index in [0.717, 1.165) is 15.9 Å². The van der Waals surface area contributed by atoms with Crippen LogP contribution < -0.4 is 27.2 Å². The molecular weight excluding hydrogens is 403 g/mol. The summed E-state index contributed by atoms with van der Waals surface area (Å²) in [5.74, 6) is -3.60. The van der Waals surface area contributed by atoms with E-state index in [-0.39, 0.29) is 6.16 Å². The third kappa shape index (κ3) is 3.25. The normalized spacial score (nSPS) is 12.8. The van der Waals surface area contributed by atoms with Crippen molar-refractivity contribution in [2.45, 2.75) is 6.16 Å². The number of hydrogen-bond acceptors (Lipinski definition) is 2. The molecule has 3 aromatic carbocycles. The van der Waals surface area contributed by atoms with E-state index in [9.17, 15) is 9.59 Å². The van der Waals surface area contributed by atoms with E-state index in [2.05, 4.69) is 9.97 Å². The van der Waals surface area contributed by atoms with E-state index in [0.29, 0.717) is 5.56 Å². The predicted molar refractivity (Wildman–Crippen MR) is 122 cm³/mol. The number of H-pyrrole nitrogens is 2. The second kappa shape index (κ2) is 7.47. The fourth-order valence-electron chi connectivity index (χ4n) is 3.81. The van der Waals surface area contributed by atoms with Crippen LogP contribution in [-0.2, 0) is 6.16 Å². The van der Waals surface area contributed by atoms with Gasteiger partial charge in [-0.2, -0.15) is 0 Å². The summed E-state index contributed by atoms with van der Waals surface area (Å²) < 4.78 is 0. The fraction of sp³-hybridized carbons (Fsp3) is 0.0435. The number of rotatable bonds is 5. The third-order valence-corrected chi connectivity index (χ3v) is 12.4. The number of halogens is 1. The summed E-state index contributed by atoms with van der Waals surface area (Å²) in [6.07, 6.45) is 1.75. The zero-order valence-corrected chi connectivity index (χ0v) is 17.2. The quantitative estimate of drug-likeness (QED) is 0.485. The summed E-state index contributed by atoms with van der Waals surface area (Å²) >= 11 is 7.91. The fourth-order valence-corrected chi connectivity index (χ4v) is 9.91. The number of nitrogens with one attached hydrogen (secondary N) is 2. The molecule has 0 amide bonds. The van der Waals surface area contributed by atoms with Crippen molar-refractivity contribution >= 4 is 33.1 Å². The second-order valence-corrected chi connectivity index (χ2v) is 13.4. The molecule has 0 fully saturated rings. The van der Waals surface area contributed by atoms with Gasteiger partial charge in [-0.3, -0.25) is 0 Å². The molecule has 1 aromatic heterocycles. The molecule has 4 rings (SSSR count). The van der Waals surface area contributed by atoms with Crippen molar-refractivity contribution in [3.8, 4) is 0 Å². The van der Waals surface area contributed by atoms with Gasteiger partial charge in [-0.05, 0) is 0 Å². The van der Waals surface area contributed by atoms with E-state index in [4.69, 9.17) is 11.2 Å². The Kier molecular flexibility index (Phi) is 4.99. The molecule has 0 bridgehead atoms. The Bertz CT molecular complexity index is 1140. The van der Waals surface area contributed by atoms with Gasteiger partial charge in [-0.25, -0.2) is 0 Å². The van der Waals surface area contributed by atoms with Gasteiger partial charge < -0.3 is 0 Å². The van der Waals surface area contributed by atoms with Crippen LogP contribution in [0.15, 0.2) is 107 Å². The van der Waals surface area contributed by atoms with Crippen molar-refractivity contribution in [3.05, 3.63) is 124 Å². The van der Waals surface area contributed by atoms with Gasteiger partial charge in [0.2, 0.25) is 0 Å². The van der Waals surface area contributed by atoms with Crippen molar-refractivity contribution < 1.29 is 0 Å². The van der Waals surface area contributed by atoms with Crippen molar-refractivity contribution in [3.63, 3.8) is 0 Å². The zero-order valence-electron chi connectivity index (χ0n) is 15.6. The molecule has 4 nitrogen and oxygen atoms in total. The van der Waals surface area contributed by atoms with E-state index in [1.165, 1.54) is 6.20 Å². The van der Waals surface area contributed by atoms with Gasteiger partial charge >= 0.3 is 173 Å². The molecule has 6 heteroatoms. The minimum absolute atomic E-state index is 0.275. The zero-order chi connectivity index (χ0) is 20.3.